The topological polar surface area (TPSA) is 65.0 Å². The number of likely N-dealkylation sites (tertiary alicyclic amines) is 1. The van der Waals surface area contributed by atoms with Gasteiger partial charge in [0, 0.05) is 39.8 Å². The first kappa shape index (κ1) is 22.3. The Labute approximate surface area is 160 Å². The van der Waals surface area contributed by atoms with Gasteiger partial charge in [0.05, 0.1) is 0 Å². The number of alkyl halides is 3. The average Bonchev–Trinajstić information content (AvgIpc) is 3.02. The lowest BCUT2D eigenvalue weighted by atomic mass is 9.97. The van der Waals surface area contributed by atoms with Crippen molar-refractivity contribution < 1.29 is 21.6 Å². The van der Waals surface area contributed by atoms with Gasteiger partial charge < -0.3 is 10.2 Å². The highest BCUT2D eigenvalue weighted by Crippen LogP contribution is 2.30. The quantitative estimate of drug-likeness (QED) is 0.557. The first-order chi connectivity index (χ1) is 12.5. The van der Waals surface area contributed by atoms with Crippen LogP contribution in [-0.4, -0.2) is 68.9 Å². The minimum atomic E-state index is -5.22. The molecule has 2 aliphatic rings. The molecule has 0 aromatic rings. The van der Waals surface area contributed by atoms with E-state index in [0.29, 0.717) is 35.5 Å². The van der Waals surface area contributed by atoms with Crippen LogP contribution in [0.25, 0.3) is 0 Å². The Hall–Kier alpha value is -1.03. The molecule has 2 aliphatic heterocycles. The number of nitrogens with zero attached hydrogens (tertiary/aromatic N) is 3. The molecule has 1 N–H and O–H groups in total. The molecule has 10 heteroatoms. The number of guanidine groups is 1. The highest BCUT2D eigenvalue weighted by atomic mass is 32.2. The fourth-order valence-corrected chi connectivity index (χ4v) is 4.94. The maximum absolute atomic E-state index is 12.6. The Balaban J connectivity index is 1.79. The van der Waals surface area contributed by atoms with E-state index in [-0.39, 0.29) is 19.0 Å². The van der Waals surface area contributed by atoms with Crippen LogP contribution in [0.4, 0.5) is 13.2 Å². The molecule has 0 aromatic heterocycles. The molecule has 0 spiro atoms. The van der Waals surface area contributed by atoms with Crippen LogP contribution >= 0.6 is 0 Å². The molecule has 2 fully saturated rings. The van der Waals surface area contributed by atoms with Gasteiger partial charge >= 0.3 is 15.5 Å². The Kier molecular flexibility index (Phi) is 7.40. The van der Waals surface area contributed by atoms with E-state index in [1.54, 1.807) is 7.05 Å². The van der Waals surface area contributed by atoms with Gasteiger partial charge in [-0.05, 0) is 43.4 Å². The van der Waals surface area contributed by atoms with Crippen molar-refractivity contribution in [1.29, 1.82) is 0 Å². The molecule has 158 valence electrons. The number of halogens is 3. The Morgan fingerprint density at radius 3 is 2.26 bits per heavy atom. The van der Waals surface area contributed by atoms with Gasteiger partial charge in [-0.25, -0.2) is 8.42 Å². The molecule has 0 aromatic carbocycles. The van der Waals surface area contributed by atoms with Gasteiger partial charge in [-0.1, -0.05) is 13.8 Å². The molecule has 0 saturated carbocycles. The van der Waals surface area contributed by atoms with Crippen molar-refractivity contribution >= 4 is 16.0 Å². The predicted molar refractivity (Wildman–Crippen MR) is 99.8 cm³/mol. The average molecular weight is 413 g/mol. The normalized spacial score (nSPS) is 24.0. The highest BCUT2D eigenvalue weighted by Gasteiger charge is 2.50. The summed E-state index contributed by atoms with van der Waals surface area (Å²) < 4.78 is 61.4. The molecular weight excluding hydrogens is 381 g/mol. The first-order valence-electron chi connectivity index (χ1n) is 9.56. The van der Waals surface area contributed by atoms with Crippen LogP contribution < -0.4 is 5.32 Å². The summed E-state index contributed by atoms with van der Waals surface area (Å²) in [5.41, 5.74) is -5.22. The number of sulfonamides is 1. The molecule has 0 aliphatic carbocycles. The van der Waals surface area contributed by atoms with E-state index in [0.717, 1.165) is 25.5 Å². The summed E-state index contributed by atoms with van der Waals surface area (Å²) >= 11 is 0. The second kappa shape index (κ2) is 8.98. The van der Waals surface area contributed by atoms with E-state index in [2.05, 4.69) is 29.1 Å². The van der Waals surface area contributed by atoms with Crippen LogP contribution in [0.1, 0.15) is 39.5 Å². The number of nitrogens with one attached hydrogen (secondary N) is 1. The summed E-state index contributed by atoms with van der Waals surface area (Å²) in [5.74, 6) is 2.30. The van der Waals surface area contributed by atoms with Crippen molar-refractivity contribution in [3.05, 3.63) is 0 Å². The largest absolute Gasteiger partial charge is 0.511 e. The van der Waals surface area contributed by atoms with Crippen LogP contribution in [0.15, 0.2) is 4.99 Å². The highest BCUT2D eigenvalue weighted by molar-refractivity contribution is 7.90. The molecule has 2 rings (SSSR count). The first-order valence-corrected chi connectivity index (χ1v) is 11.0. The Morgan fingerprint density at radius 2 is 1.74 bits per heavy atom. The monoisotopic (exact) mass is 412 g/mol. The van der Waals surface area contributed by atoms with Crippen molar-refractivity contribution in [2.75, 3.05) is 39.8 Å². The standard InChI is InChI=1S/C17H31F3N4O2S/c1-13(2)10-15-4-7-23(12-15)16(21-3)22-11-14-5-8-24(9-6-14)27(25,26)17(18,19)20/h13-15H,4-12H2,1-3H3,(H,21,22). The maximum atomic E-state index is 12.6. The minimum Gasteiger partial charge on any atom is -0.356 e. The van der Waals surface area contributed by atoms with Gasteiger partial charge in [0.15, 0.2) is 5.96 Å². The SMILES string of the molecule is CN=C(NCC1CCN(S(=O)(=O)C(F)(F)F)CC1)N1CCC(CC(C)C)C1. The molecule has 2 heterocycles. The Morgan fingerprint density at radius 1 is 1.15 bits per heavy atom. The lowest BCUT2D eigenvalue weighted by Gasteiger charge is -2.32. The molecule has 0 radical (unpaired) electrons. The summed E-state index contributed by atoms with van der Waals surface area (Å²) in [4.78, 5) is 6.56. The molecule has 27 heavy (non-hydrogen) atoms. The predicted octanol–water partition coefficient (Wildman–Crippen LogP) is 2.49. The van der Waals surface area contributed by atoms with Crippen molar-refractivity contribution in [3.8, 4) is 0 Å². The fraction of sp³-hybridized carbons (Fsp3) is 0.941. The summed E-state index contributed by atoms with van der Waals surface area (Å²) in [6.07, 6.45) is 3.16. The van der Waals surface area contributed by atoms with Crippen LogP contribution in [0.3, 0.4) is 0 Å². The summed E-state index contributed by atoms with van der Waals surface area (Å²) in [6.45, 7) is 6.79. The van der Waals surface area contributed by atoms with E-state index >= 15 is 0 Å². The summed E-state index contributed by atoms with van der Waals surface area (Å²) in [5, 5.41) is 3.32. The third kappa shape index (κ3) is 5.73. The summed E-state index contributed by atoms with van der Waals surface area (Å²) in [7, 11) is -3.47. The Bertz CT molecular complexity index is 614. The lowest BCUT2D eigenvalue weighted by molar-refractivity contribution is -0.0496. The maximum Gasteiger partial charge on any atom is 0.511 e. The van der Waals surface area contributed by atoms with Crippen molar-refractivity contribution in [2.24, 2.45) is 22.7 Å². The molecule has 0 amide bonds. The van der Waals surface area contributed by atoms with Gasteiger partial charge in [-0.3, -0.25) is 4.99 Å². The van der Waals surface area contributed by atoms with Crippen LogP contribution in [0.5, 0.6) is 0 Å². The van der Waals surface area contributed by atoms with Gasteiger partial charge in [0.2, 0.25) is 0 Å². The zero-order valence-corrected chi connectivity index (χ0v) is 17.1. The van der Waals surface area contributed by atoms with Crippen molar-refractivity contribution in [1.82, 2.24) is 14.5 Å². The number of aliphatic imine (C=N–C) groups is 1. The second-order valence-corrected chi connectivity index (χ2v) is 9.88. The number of hydrogen-bond acceptors (Lipinski definition) is 3. The molecule has 6 nitrogen and oxygen atoms in total. The van der Waals surface area contributed by atoms with E-state index < -0.39 is 15.5 Å². The van der Waals surface area contributed by atoms with E-state index in [1.165, 1.54) is 6.42 Å². The second-order valence-electron chi connectivity index (χ2n) is 7.95. The van der Waals surface area contributed by atoms with Gasteiger partial charge in [-0.15, -0.1) is 0 Å². The van der Waals surface area contributed by atoms with Crippen molar-refractivity contribution in [3.63, 3.8) is 0 Å². The summed E-state index contributed by atoms with van der Waals surface area (Å²) in [6, 6.07) is 0. The number of hydrogen-bond donors (Lipinski definition) is 1. The molecule has 0 bridgehead atoms. The lowest BCUT2D eigenvalue weighted by Crippen LogP contribution is -2.47. The molecule has 1 atom stereocenters. The van der Waals surface area contributed by atoms with Crippen LogP contribution in [0, 0.1) is 17.8 Å². The van der Waals surface area contributed by atoms with Crippen molar-refractivity contribution in [2.45, 2.75) is 45.0 Å². The molecule has 2 saturated heterocycles. The molecular formula is C17H31F3N4O2S. The zero-order valence-electron chi connectivity index (χ0n) is 16.3. The number of piperidine rings is 1. The number of rotatable bonds is 5. The molecule has 1 unspecified atom stereocenters. The van der Waals surface area contributed by atoms with Gasteiger partial charge in [-0.2, -0.15) is 17.5 Å². The van der Waals surface area contributed by atoms with E-state index in [9.17, 15) is 21.6 Å². The fourth-order valence-electron chi connectivity index (χ4n) is 3.95. The van der Waals surface area contributed by atoms with Gasteiger partial charge in [0.1, 0.15) is 0 Å². The zero-order chi connectivity index (χ0) is 20.2. The van der Waals surface area contributed by atoms with Crippen LogP contribution in [0.2, 0.25) is 0 Å². The minimum absolute atomic E-state index is 0.0903. The van der Waals surface area contributed by atoms with Gasteiger partial charge in [0.25, 0.3) is 0 Å². The van der Waals surface area contributed by atoms with E-state index in [1.807, 2.05) is 0 Å². The van der Waals surface area contributed by atoms with E-state index in [4.69, 9.17) is 0 Å². The third-order valence-corrected chi connectivity index (χ3v) is 6.99. The third-order valence-electron chi connectivity index (χ3n) is 5.36. The van der Waals surface area contributed by atoms with Crippen LogP contribution in [-0.2, 0) is 10.0 Å². The smallest absolute Gasteiger partial charge is 0.356 e.